The fourth-order valence-corrected chi connectivity index (χ4v) is 1.75. The molecule has 0 saturated carbocycles. The van der Waals surface area contributed by atoms with Crippen molar-refractivity contribution in [2.45, 2.75) is 60.2 Å². The molecule has 1 unspecified atom stereocenters. The first kappa shape index (κ1) is 16.8. The van der Waals surface area contributed by atoms with E-state index in [9.17, 15) is 0 Å². The van der Waals surface area contributed by atoms with Gasteiger partial charge in [0.2, 0.25) is 0 Å². The third-order valence-electron chi connectivity index (χ3n) is 3.50. The minimum absolute atomic E-state index is 0.147. The summed E-state index contributed by atoms with van der Waals surface area (Å²) in [6.45, 7) is 13.8. The lowest BCUT2D eigenvalue weighted by atomic mass is 9.88. The molecule has 3 nitrogen and oxygen atoms in total. The van der Waals surface area contributed by atoms with Crippen molar-refractivity contribution < 1.29 is 9.47 Å². The third-order valence-corrected chi connectivity index (χ3v) is 3.50. The van der Waals surface area contributed by atoms with Gasteiger partial charge in [-0.25, -0.2) is 0 Å². The van der Waals surface area contributed by atoms with Gasteiger partial charge in [0.05, 0.1) is 13.2 Å². The van der Waals surface area contributed by atoms with Gasteiger partial charge in [-0.05, 0) is 43.9 Å². The molecule has 0 fully saturated rings. The molecule has 0 aliphatic rings. The molecule has 1 aromatic rings. The maximum Gasteiger partial charge on any atom is 0.161 e. The van der Waals surface area contributed by atoms with Gasteiger partial charge in [-0.15, -0.1) is 0 Å². The minimum Gasteiger partial charge on any atom is -0.493 e. The molecule has 0 amide bonds. The summed E-state index contributed by atoms with van der Waals surface area (Å²) < 4.78 is 11.1. The Hall–Kier alpha value is -1.22. The Kier molecular flexibility index (Phi) is 5.88. The second-order valence-electron chi connectivity index (χ2n) is 6.62. The van der Waals surface area contributed by atoms with E-state index in [-0.39, 0.29) is 11.5 Å². The summed E-state index contributed by atoms with van der Waals surface area (Å²) in [6.07, 6.45) is 0.147. The van der Waals surface area contributed by atoms with E-state index < -0.39 is 0 Å². The Labute approximate surface area is 123 Å². The minimum atomic E-state index is 0.147. The van der Waals surface area contributed by atoms with E-state index in [1.54, 1.807) is 7.11 Å². The molecule has 0 bridgehead atoms. The molecule has 0 aliphatic heterocycles. The Morgan fingerprint density at radius 2 is 1.75 bits per heavy atom. The van der Waals surface area contributed by atoms with Crippen molar-refractivity contribution >= 4 is 0 Å². The molecule has 0 heterocycles. The number of benzene rings is 1. The molecule has 114 valence electrons. The maximum atomic E-state index is 5.73. The van der Waals surface area contributed by atoms with Crippen LogP contribution < -0.4 is 14.8 Å². The van der Waals surface area contributed by atoms with E-state index in [2.05, 4.69) is 39.1 Å². The maximum absolute atomic E-state index is 5.73. The van der Waals surface area contributed by atoms with Gasteiger partial charge in [0.1, 0.15) is 0 Å². The first-order valence-electron chi connectivity index (χ1n) is 7.31. The van der Waals surface area contributed by atoms with Crippen LogP contribution in [-0.4, -0.2) is 19.3 Å². The lowest BCUT2D eigenvalue weighted by Gasteiger charge is -2.28. The number of ether oxygens (including phenoxy) is 2. The smallest absolute Gasteiger partial charge is 0.161 e. The molecule has 1 aromatic carbocycles. The fourth-order valence-electron chi connectivity index (χ4n) is 1.75. The SMILES string of the molecule is COc1cc(CNC(C)C(C)(C)C)ccc1OC(C)C. The number of nitrogens with one attached hydrogen (secondary N) is 1. The van der Waals surface area contributed by atoms with Gasteiger partial charge < -0.3 is 14.8 Å². The summed E-state index contributed by atoms with van der Waals surface area (Å²) in [4.78, 5) is 0. The van der Waals surface area contributed by atoms with Gasteiger partial charge in [0.15, 0.2) is 11.5 Å². The molecule has 1 rings (SSSR count). The molecule has 3 heteroatoms. The van der Waals surface area contributed by atoms with Crippen LogP contribution in [0.4, 0.5) is 0 Å². The predicted octanol–water partition coefficient (Wildman–Crippen LogP) is 4.01. The lowest BCUT2D eigenvalue weighted by Crippen LogP contribution is -2.37. The summed E-state index contributed by atoms with van der Waals surface area (Å²) >= 11 is 0. The van der Waals surface area contributed by atoms with Crippen LogP contribution in [-0.2, 0) is 6.54 Å². The van der Waals surface area contributed by atoms with Gasteiger partial charge >= 0.3 is 0 Å². The van der Waals surface area contributed by atoms with Gasteiger partial charge in [-0.2, -0.15) is 0 Å². The highest BCUT2D eigenvalue weighted by Gasteiger charge is 2.19. The van der Waals surface area contributed by atoms with Crippen molar-refractivity contribution in [3.8, 4) is 11.5 Å². The van der Waals surface area contributed by atoms with Crippen molar-refractivity contribution in [3.05, 3.63) is 23.8 Å². The Balaban J connectivity index is 2.73. The van der Waals surface area contributed by atoms with Gasteiger partial charge in [-0.1, -0.05) is 26.8 Å². The molecule has 1 N–H and O–H groups in total. The van der Waals surface area contributed by atoms with Crippen molar-refractivity contribution in [2.24, 2.45) is 5.41 Å². The Morgan fingerprint density at radius 3 is 2.25 bits per heavy atom. The van der Waals surface area contributed by atoms with E-state index in [4.69, 9.17) is 9.47 Å². The fraction of sp³-hybridized carbons (Fsp3) is 0.647. The van der Waals surface area contributed by atoms with Crippen molar-refractivity contribution in [2.75, 3.05) is 7.11 Å². The zero-order chi connectivity index (χ0) is 15.3. The first-order chi connectivity index (χ1) is 9.24. The van der Waals surface area contributed by atoms with E-state index in [1.165, 1.54) is 5.56 Å². The molecule has 1 atom stereocenters. The second-order valence-corrected chi connectivity index (χ2v) is 6.62. The first-order valence-corrected chi connectivity index (χ1v) is 7.31. The molecule has 0 aromatic heterocycles. The summed E-state index contributed by atoms with van der Waals surface area (Å²) in [5.41, 5.74) is 1.46. The van der Waals surface area contributed by atoms with Crippen LogP contribution in [0.15, 0.2) is 18.2 Å². The summed E-state index contributed by atoms with van der Waals surface area (Å²) in [6, 6.07) is 6.56. The largest absolute Gasteiger partial charge is 0.493 e. The lowest BCUT2D eigenvalue weighted by molar-refractivity contribution is 0.230. The van der Waals surface area contributed by atoms with Crippen LogP contribution in [0.3, 0.4) is 0 Å². The van der Waals surface area contributed by atoms with Crippen molar-refractivity contribution in [3.63, 3.8) is 0 Å². The number of hydrogen-bond donors (Lipinski definition) is 1. The highest BCUT2D eigenvalue weighted by molar-refractivity contribution is 5.43. The highest BCUT2D eigenvalue weighted by Crippen LogP contribution is 2.29. The molecular weight excluding hydrogens is 250 g/mol. The van der Waals surface area contributed by atoms with Crippen LogP contribution in [0.25, 0.3) is 0 Å². The zero-order valence-corrected chi connectivity index (χ0v) is 13.9. The van der Waals surface area contributed by atoms with Crippen molar-refractivity contribution in [1.82, 2.24) is 5.32 Å². The van der Waals surface area contributed by atoms with Gasteiger partial charge in [0.25, 0.3) is 0 Å². The van der Waals surface area contributed by atoms with E-state index in [0.717, 1.165) is 18.0 Å². The van der Waals surface area contributed by atoms with E-state index >= 15 is 0 Å². The molecule has 0 spiro atoms. The molecule has 0 radical (unpaired) electrons. The van der Waals surface area contributed by atoms with E-state index in [1.807, 2.05) is 26.0 Å². The zero-order valence-electron chi connectivity index (χ0n) is 13.9. The van der Waals surface area contributed by atoms with Crippen molar-refractivity contribution in [1.29, 1.82) is 0 Å². The summed E-state index contributed by atoms with van der Waals surface area (Å²) in [5, 5.41) is 3.55. The number of rotatable bonds is 6. The van der Waals surface area contributed by atoms with Crippen LogP contribution in [0.1, 0.15) is 47.1 Å². The quantitative estimate of drug-likeness (QED) is 0.853. The van der Waals surface area contributed by atoms with E-state index in [0.29, 0.717) is 6.04 Å². The molecule has 20 heavy (non-hydrogen) atoms. The number of methoxy groups -OCH3 is 1. The van der Waals surface area contributed by atoms with Gasteiger partial charge in [-0.3, -0.25) is 0 Å². The Morgan fingerprint density at radius 1 is 1.10 bits per heavy atom. The average molecular weight is 279 g/mol. The Bertz CT molecular complexity index is 421. The van der Waals surface area contributed by atoms with Crippen LogP contribution in [0, 0.1) is 5.41 Å². The number of hydrogen-bond acceptors (Lipinski definition) is 3. The van der Waals surface area contributed by atoms with Gasteiger partial charge in [0, 0.05) is 12.6 Å². The monoisotopic (exact) mass is 279 g/mol. The predicted molar refractivity (Wildman–Crippen MR) is 84.5 cm³/mol. The third kappa shape index (κ3) is 5.04. The second kappa shape index (κ2) is 6.98. The molecule has 0 saturated heterocycles. The average Bonchev–Trinajstić information content (AvgIpc) is 2.35. The van der Waals surface area contributed by atoms with Crippen LogP contribution in [0.2, 0.25) is 0 Å². The summed E-state index contributed by atoms with van der Waals surface area (Å²) in [5.74, 6) is 1.59. The summed E-state index contributed by atoms with van der Waals surface area (Å²) in [7, 11) is 1.68. The topological polar surface area (TPSA) is 30.5 Å². The van der Waals surface area contributed by atoms with Crippen LogP contribution >= 0.6 is 0 Å². The normalized spacial score (nSPS) is 13.4. The molecular formula is C17H29NO2. The molecule has 0 aliphatic carbocycles. The standard InChI is InChI=1S/C17H29NO2/c1-12(2)20-15-9-8-14(10-16(15)19-7)11-18-13(3)17(4,5)6/h8-10,12-13,18H,11H2,1-7H3. The van der Waals surface area contributed by atoms with Crippen LogP contribution in [0.5, 0.6) is 11.5 Å². The highest BCUT2D eigenvalue weighted by atomic mass is 16.5.